The monoisotopic (exact) mass is 478 g/mol. The first-order chi connectivity index (χ1) is 16.3. The first-order valence-electron chi connectivity index (χ1n) is 10.3. The number of hydrogen-bond donors (Lipinski definition) is 3. The van der Waals surface area contributed by atoms with E-state index >= 15 is 0 Å². The van der Waals surface area contributed by atoms with Crippen molar-refractivity contribution >= 4 is 46.9 Å². The van der Waals surface area contributed by atoms with Crippen molar-refractivity contribution in [2.24, 2.45) is 5.10 Å². The normalized spacial score (nSPS) is 10.6. The van der Waals surface area contributed by atoms with Crippen LogP contribution in [0.25, 0.3) is 0 Å². The number of rotatable bonds is 7. The highest BCUT2D eigenvalue weighted by Gasteiger charge is 2.13. The highest BCUT2D eigenvalue weighted by molar-refractivity contribution is 6.39. The largest absolute Gasteiger partial charge is 0.482 e. The number of hydrazone groups is 1. The Morgan fingerprint density at radius 3 is 2.03 bits per heavy atom. The van der Waals surface area contributed by atoms with Crippen LogP contribution in [0.1, 0.15) is 16.7 Å². The van der Waals surface area contributed by atoms with E-state index in [9.17, 15) is 14.4 Å². The molecule has 3 aromatic rings. The van der Waals surface area contributed by atoms with E-state index in [1.54, 1.807) is 42.5 Å². The molecule has 0 spiro atoms. The lowest BCUT2D eigenvalue weighted by Gasteiger charge is -2.09. The van der Waals surface area contributed by atoms with Crippen LogP contribution in [0.4, 0.5) is 11.4 Å². The summed E-state index contributed by atoms with van der Waals surface area (Å²) in [6.45, 7) is 3.66. The Kier molecular flexibility index (Phi) is 8.37. The minimum absolute atomic E-state index is 0.215. The topological polar surface area (TPSA) is 109 Å². The number of amides is 3. The second kappa shape index (κ2) is 11.6. The minimum atomic E-state index is -0.914. The minimum Gasteiger partial charge on any atom is -0.482 e. The summed E-state index contributed by atoms with van der Waals surface area (Å²) in [6.07, 6.45) is 1.33. The van der Waals surface area contributed by atoms with Gasteiger partial charge in [0, 0.05) is 11.4 Å². The van der Waals surface area contributed by atoms with E-state index in [-0.39, 0.29) is 17.5 Å². The van der Waals surface area contributed by atoms with Gasteiger partial charge in [0.1, 0.15) is 5.75 Å². The molecule has 0 radical (unpaired) electrons. The molecule has 0 unspecified atom stereocenters. The van der Waals surface area contributed by atoms with Gasteiger partial charge in [-0.25, -0.2) is 5.43 Å². The van der Waals surface area contributed by atoms with Gasteiger partial charge in [0.05, 0.1) is 11.2 Å². The third-order valence-electron chi connectivity index (χ3n) is 4.55. The summed E-state index contributed by atoms with van der Waals surface area (Å²) in [6, 6.07) is 19.2. The summed E-state index contributed by atoms with van der Waals surface area (Å²) in [5.74, 6) is -1.76. The van der Waals surface area contributed by atoms with Crippen molar-refractivity contribution in [3.05, 3.63) is 88.4 Å². The average molecular weight is 479 g/mol. The van der Waals surface area contributed by atoms with Crippen LogP contribution in [0.5, 0.6) is 5.75 Å². The summed E-state index contributed by atoms with van der Waals surface area (Å²) < 4.78 is 5.48. The summed E-state index contributed by atoms with van der Waals surface area (Å²) >= 11 is 6.21. The second-order valence-electron chi connectivity index (χ2n) is 7.41. The maximum Gasteiger partial charge on any atom is 0.329 e. The zero-order chi connectivity index (χ0) is 24.5. The van der Waals surface area contributed by atoms with Crippen molar-refractivity contribution in [1.82, 2.24) is 5.43 Å². The molecule has 0 saturated carbocycles. The fraction of sp³-hybridized carbons (Fsp3) is 0.120. The van der Waals surface area contributed by atoms with Gasteiger partial charge in [0.15, 0.2) is 6.61 Å². The van der Waals surface area contributed by atoms with Crippen LogP contribution in [0, 0.1) is 13.8 Å². The predicted octanol–water partition coefficient (Wildman–Crippen LogP) is 4.06. The molecule has 0 aliphatic heterocycles. The lowest BCUT2D eigenvalue weighted by molar-refractivity contribution is -0.136. The molecule has 3 amide bonds. The van der Waals surface area contributed by atoms with E-state index in [0.717, 1.165) is 11.1 Å². The smallest absolute Gasteiger partial charge is 0.329 e. The van der Waals surface area contributed by atoms with Gasteiger partial charge in [0.25, 0.3) is 5.91 Å². The van der Waals surface area contributed by atoms with Crippen LogP contribution in [0.15, 0.2) is 71.8 Å². The van der Waals surface area contributed by atoms with Gasteiger partial charge in [-0.2, -0.15) is 5.10 Å². The number of nitrogens with zero attached hydrogens (tertiary/aromatic N) is 1. The van der Waals surface area contributed by atoms with Crippen molar-refractivity contribution in [3.63, 3.8) is 0 Å². The maximum absolute atomic E-state index is 12.1. The Labute approximate surface area is 202 Å². The van der Waals surface area contributed by atoms with Crippen molar-refractivity contribution in [1.29, 1.82) is 0 Å². The summed E-state index contributed by atoms with van der Waals surface area (Å²) in [5.41, 5.74) is 6.01. The molecule has 0 fully saturated rings. The molecule has 3 rings (SSSR count). The number of benzene rings is 3. The van der Waals surface area contributed by atoms with Gasteiger partial charge in [0.2, 0.25) is 0 Å². The molecule has 9 heteroatoms. The highest BCUT2D eigenvalue weighted by Crippen LogP contribution is 2.25. The van der Waals surface area contributed by atoms with E-state index in [0.29, 0.717) is 22.7 Å². The number of anilines is 2. The van der Waals surface area contributed by atoms with Gasteiger partial charge in [-0.05, 0) is 61.9 Å². The number of nitrogens with one attached hydrogen (secondary N) is 3. The van der Waals surface area contributed by atoms with Crippen molar-refractivity contribution in [3.8, 4) is 5.75 Å². The number of carbonyl (C=O) groups excluding carboxylic acids is 3. The van der Waals surface area contributed by atoms with Crippen LogP contribution in [0.2, 0.25) is 5.02 Å². The van der Waals surface area contributed by atoms with E-state index < -0.39 is 11.8 Å². The Hall–Kier alpha value is -4.17. The van der Waals surface area contributed by atoms with E-state index in [1.165, 1.54) is 6.21 Å². The second-order valence-corrected chi connectivity index (χ2v) is 7.82. The molecule has 0 aliphatic carbocycles. The third-order valence-corrected chi connectivity index (χ3v) is 4.84. The summed E-state index contributed by atoms with van der Waals surface area (Å²) in [7, 11) is 0. The molecule has 0 aliphatic rings. The highest BCUT2D eigenvalue weighted by atomic mass is 35.5. The number of aryl methyl sites for hydroxylation is 2. The fourth-order valence-corrected chi connectivity index (χ4v) is 2.98. The fourth-order valence-electron chi connectivity index (χ4n) is 2.73. The standard InChI is InChI=1S/C25H23ClN4O4/c1-16-3-8-19(9-4-16)28-23(31)15-34-22-12-7-18(13-21(22)26)14-27-30-25(33)24(32)29-20-10-5-17(2)6-11-20/h3-14H,15H2,1-2H3,(H,28,31)(H,29,32)(H,30,33)/b27-14-. The Bertz CT molecular complexity index is 1210. The molecule has 3 aromatic carbocycles. The first-order valence-corrected chi connectivity index (χ1v) is 10.7. The van der Waals surface area contributed by atoms with Crippen molar-refractivity contribution < 1.29 is 19.1 Å². The molecular formula is C25H23ClN4O4. The number of hydrogen-bond acceptors (Lipinski definition) is 5. The predicted molar refractivity (Wildman–Crippen MR) is 132 cm³/mol. The van der Waals surface area contributed by atoms with Crippen molar-refractivity contribution in [2.45, 2.75) is 13.8 Å². The average Bonchev–Trinajstić information content (AvgIpc) is 2.81. The lowest BCUT2D eigenvalue weighted by atomic mass is 10.2. The van der Waals surface area contributed by atoms with Crippen LogP contribution < -0.4 is 20.8 Å². The summed E-state index contributed by atoms with van der Waals surface area (Å²) in [4.78, 5) is 35.9. The van der Waals surface area contributed by atoms with Gasteiger partial charge in [-0.15, -0.1) is 0 Å². The molecule has 8 nitrogen and oxygen atoms in total. The number of carbonyl (C=O) groups is 3. The zero-order valence-electron chi connectivity index (χ0n) is 18.6. The molecule has 3 N–H and O–H groups in total. The van der Waals surface area contributed by atoms with Crippen LogP contribution >= 0.6 is 11.6 Å². The first kappa shape index (κ1) is 24.5. The Morgan fingerprint density at radius 1 is 0.853 bits per heavy atom. The van der Waals surface area contributed by atoms with Crippen LogP contribution in [-0.4, -0.2) is 30.5 Å². The molecular weight excluding hydrogens is 456 g/mol. The van der Waals surface area contributed by atoms with E-state index in [4.69, 9.17) is 16.3 Å². The van der Waals surface area contributed by atoms with Gasteiger partial charge in [-0.3, -0.25) is 14.4 Å². The van der Waals surface area contributed by atoms with Gasteiger partial charge < -0.3 is 15.4 Å². The quantitative estimate of drug-likeness (QED) is 0.270. The maximum atomic E-state index is 12.1. The lowest BCUT2D eigenvalue weighted by Crippen LogP contribution is -2.32. The number of ether oxygens (including phenoxy) is 1. The van der Waals surface area contributed by atoms with Crippen molar-refractivity contribution in [2.75, 3.05) is 17.2 Å². The van der Waals surface area contributed by atoms with Gasteiger partial charge in [-0.1, -0.05) is 47.0 Å². The molecule has 0 bridgehead atoms. The molecule has 174 valence electrons. The molecule has 0 heterocycles. The zero-order valence-corrected chi connectivity index (χ0v) is 19.3. The molecule has 0 aromatic heterocycles. The molecule has 34 heavy (non-hydrogen) atoms. The SMILES string of the molecule is Cc1ccc(NC(=O)COc2ccc(/C=N\NC(=O)C(=O)Nc3ccc(C)cc3)cc2Cl)cc1. The van der Waals surface area contributed by atoms with E-state index in [1.807, 2.05) is 38.1 Å². The molecule has 0 saturated heterocycles. The van der Waals surface area contributed by atoms with E-state index in [2.05, 4.69) is 21.2 Å². The molecule has 0 atom stereocenters. The van der Waals surface area contributed by atoms with Gasteiger partial charge >= 0.3 is 11.8 Å². The third kappa shape index (κ3) is 7.46. The Balaban J connectivity index is 1.47. The number of halogens is 1. The van der Waals surface area contributed by atoms with Crippen LogP contribution in [-0.2, 0) is 14.4 Å². The Morgan fingerprint density at radius 2 is 1.44 bits per heavy atom. The summed E-state index contributed by atoms with van der Waals surface area (Å²) in [5, 5.41) is 9.24. The van der Waals surface area contributed by atoms with Crippen LogP contribution in [0.3, 0.4) is 0 Å².